The van der Waals surface area contributed by atoms with Gasteiger partial charge in [-0.1, -0.05) is 0 Å². The molecule has 0 bridgehead atoms. The van der Waals surface area contributed by atoms with Crippen LogP contribution in [0.2, 0.25) is 0 Å². The number of hydrogen-bond donors (Lipinski definition) is 2. The molecule has 2 unspecified atom stereocenters. The minimum absolute atomic E-state index is 0.107. The first kappa shape index (κ1) is 14.4. The van der Waals surface area contributed by atoms with Crippen molar-refractivity contribution in [3.05, 3.63) is 29.6 Å². The Labute approximate surface area is 115 Å². The number of nitrogens with zero attached hydrogens (tertiary/aromatic N) is 2. The van der Waals surface area contributed by atoms with Crippen LogP contribution in [0.5, 0.6) is 0 Å². The van der Waals surface area contributed by atoms with Gasteiger partial charge in [0, 0.05) is 12.7 Å². The molecule has 0 radical (unpaired) electrons. The molecule has 2 rings (SSSR count). The van der Waals surface area contributed by atoms with E-state index in [-0.39, 0.29) is 30.4 Å². The summed E-state index contributed by atoms with van der Waals surface area (Å²) in [4.78, 5) is 28.4. The van der Waals surface area contributed by atoms with E-state index in [1.54, 1.807) is 4.90 Å². The van der Waals surface area contributed by atoms with Gasteiger partial charge in [-0.2, -0.15) is 0 Å². The molecule has 0 spiro atoms. The molecule has 0 saturated carbocycles. The molecule has 1 saturated heterocycles. The van der Waals surface area contributed by atoms with Gasteiger partial charge in [0.2, 0.25) is 0 Å². The highest BCUT2D eigenvalue weighted by Gasteiger charge is 2.30. The molecule has 2 N–H and O–H groups in total. The number of carbonyl (C=O) groups excluding carboxylic acids is 1. The molecule has 1 aromatic rings. The van der Waals surface area contributed by atoms with Gasteiger partial charge in [0.1, 0.15) is 5.69 Å². The van der Waals surface area contributed by atoms with E-state index in [4.69, 9.17) is 14.9 Å². The summed E-state index contributed by atoms with van der Waals surface area (Å²) in [5, 5.41) is 17.9. The number of carboxylic acid groups (broad SMARTS) is 1. The normalized spacial score (nSPS) is 22.6. The summed E-state index contributed by atoms with van der Waals surface area (Å²) in [5.74, 6) is -1.38. The Morgan fingerprint density at radius 3 is 2.80 bits per heavy atom. The second-order valence-electron chi connectivity index (χ2n) is 4.68. The fraction of sp³-hybridized carbons (Fsp3) is 0.462. The zero-order valence-electron chi connectivity index (χ0n) is 11.0. The van der Waals surface area contributed by atoms with Gasteiger partial charge in [0.05, 0.1) is 30.9 Å². The largest absolute Gasteiger partial charge is 0.477 e. The zero-order valence-corrected chi connectivity index (χ0v) is 11.0. The topological polar surface area (TPSA) is 100.0 Å². The van der Waals surface area contributed by atoms with E-state index in [1.165, 1.54) is 18.3 Å². The first-order chi connectivity index (χ1) is 9.52. The summed E-state index contributed by atoms with van der Waals surface area (Å²) < 4.78 is 5.37. The van der Waals surface area contributed by atoms with E-state index < -0.39 is 5.97 Å². The van der Waals surface area contributed by atoms with E-state index >= 15 is 0 Å². The number of aliphatic hydroxyl groups excluding tert-OH is 1. The lowest BCUT2D eigenvalue weighted by molar-refractivity contribution is -0.0667. The number of ether oxygens (including phenoxy) is 1. The van der Waals surface area contributed by atoms with Gasteiger partial charge < -0.3 is 19.8 Å². The number of pyridine rings is 1. The van der Waals surface area contributed by atoms with E-state index in [2.05, 4.69) is 4.98 Å². The molecule has 7 heteroatoms. The zero-order chi connectivity index (χ0) is 14.7. The summed E-state index contributed by atoms with van der Waals surface area (Å²) >= 11 is 0. The minimum atomic E-state index is -1.14. The van der Waals surface area contributed by atoms with Crippen LogP contribution < -0.4 is 0 Å². The summed E-state index contributed by atoms with van der Waals surface area (Å²) in [6, 6.07) is 2.63. The Hall–Kier alpha value is -1.99. The summed E-state index contributed by atoms with van der Waals surface area (Å²) in [6.07, 6.45) is 0.864. The van der Waals surface area contributed by atoms with Gasteiger partial charge in [-0.3, -0.25) is 4.79 Å². The van der Waals surface area contributed by atoms with Crippen LogP contribution in [0.25, 0.3) is 0 Å². The van der Waals surface area contributed by atoms with E-state index in [1.807, 2.05) is 6.92 Å². The molecule has 2 atom stereocenters. The highest BCUT2D eigenvalue weighted by molar-refractivity contribution is 5.95. The first-order valence-electron chi connectivity index (χ1n) is 6.25. The molecule has 0 aliphatic carbocycles. The predicted molar refractivity (Wildman–Crippen MR) is 68.5 cm³/mol. The van der Waals surface area contributed by atoms with Crippen LogP contribution in [-0.2, 0) is 4.74 Å². The van der Waals surface area contributed by atoms with Crippen molar-refractivity contribution in [2.45, 2.75) is 19.1 Å². The third kappa shape index (κ3) is 2.94. The number of amides is 1. The van der Waals surface area contributed by atoms with Crippen molar-refractivity contribution in [3.8, 4) is 0 Å². The Kier molecular flexibility index (Phi) is 4.31. The maximum Gasteiger partial charge on any atom is 0.354 e. The van der Waals surface area contributed by atoms with Crippen molar-refractivity contribution >= 4 is 11.9 Å². The SMILES string of the molecule is CC1COC(CO)CN1C(=O)c1ccc(C(=O)O)nc1. The van der Waals surface area contributed by atoms with Crippen molar-refractivity contribution in [2.75, 3.05) is 19.8 Å². The minimum Gasteiger partial charge on any atom is -0.477 e. The van der Waals surface area contributed by atoms with Crippen molar-refractivity contribution in [1.29, 1.82) is 0 Å². The molecule has 1 aromatic heterocycles. The van der Waals surface area contributed by atoms with Gasteiger partial charge in [-0.15, -0.1) is 0 Å². The van der Waals surface area contributed by atoms with Crippen LogP contribution in [0.15, 0.2) is 18.3 Å². The molecular weight excluding hydrogens is 264 g/mol. The van der Waals surface area contributed by atoms with Crippen LogP contribution in [0.4, 0.5) is 0 Å². The lowest BCUT2D eigenvalue weighted by atomic mass is 10.1. The second kappa shape index (κ2) is 5.98. The average Bonchev–Trinajstić information content (AvgIpc) is 2.47. The standard InChI is InChI=1S/C13H16N2O5/c1-8-7-20-10(6-16)5-15(8)12(17)9-2-3-11(13(18)19)14-4-9/h2-4,8,10,16H,5-7H2,1H3,(H,18,19). The van der Waals surface area contributed by atoms with E-state index in [0.717, 1.165) is 0 Å². The Bertz CT molecular complexity index is 502. The summed E-state index contributed by atoms with van der Waals surface area (Å²) in [7, 11) is 0. The number of carbonyl (C=O) groups is 2. The maximum atomic E-state index is 12.4. The number of aromatic carboxylic acids is 1. The molecule has 1 amide bonds. The van der Waals surface area contributed by atoms with Crippen LogP contribution in [0.3, 0.4) is 0 Å². The lowest BCUT2D eigenvalue weighted by Gasteiger charge is -2.37. The summed E-state index contributed by atoms with van der Waals surface area (Å²) in [5.41, 5.74) is 0.213. The van der Waals surface area contributed by atoms with Crippen LogP contribution in [-0.4, -0.2) is 63.9 Å². The van der Waals surface area contributed by atoms with Crippen LogP contribution in [0.1, 0.15) is 27.8 Å². The summed E-state index contributed by atoms with van der Waals surface area (Å²) in [6.45, 7) is 2.37. The second-order valence-corrected chi connectivity index (χ2v) is 4.68. The fourth-order valence-electron chi connectivity index (χ4n) is 2.02. The molecule has 2 heterocycles. The third-order valence-corrected chi connectivity index (χ3v) is 3.20. The fourth-order valence-corrected chi connectivity index (χ4v) is 2.02. The van der Waals surface area contributed by atoms with Crippen molar-refractivity contribution in [1.82, 2.24) is 9.88 Å². The molecule has 108 valence electrons. The van der Waals surface area contributed by atoms with E-state index in [9.17, 15) is 9.59 Å². The molecular formula is C13H16N2O5. The Balaban J connectivity index is 2.15. The highest BCUT2D eigenvalue weighted by atomic mass is 16.5. The molecule has 1 aliphatic heterocycles. The number of aromatic nitrogens is 1. The predicted octanol–water partition coefficient (Wildman–Crippen LogP) is 0.00160. The molecule has 0 aromatic carbocycles. The monoisotopic (exact) mass is 280 g/mol. The molecule has 1 aliphatic rings. The first-order valence-corrected chi connectivity index (χ1v) is 6.25. The number of hydrogen-bond acceptors (Lipinski definition) is 5. The Morgan fingerprint density at radius 1 is 1.50 bits per heavy atom. The van der Waals surface area contributed by atoms with Crippen LogP contribution >= 0.6 is 0 Å². The molecule has 7 nitrogen and oxygen atoms in total. The van der Waals surface area contributed by atoms with Gasteiger partial charge in [-0.05, 0) is 19.1 Å². The number of carboxylic acids is 1. The smallest absolute Gasteiger partial charge is 0.354 e. The Morgan fingerprint density at radius 2 is 2.25 bits per heavy atom. The quantitative estimate of drug-likeness (QED) is 0.808. The van der Waals surface area contributed by atoms with Gasteiger partial charge in [0.15, 0.2) is 0 Å². The van der Waals surface area contributed by atoms with Crippen LogP contribution in [0, 0.1) is 0 Å². The van der Waals surface area contributed by atoms with Crippen molar-refractivity contribution < 1.29 is 24.5 Å². The van der Waals surface area contributed by atoms with Gasteiger partial charge in [0.25, 0.3) is 5.91 Å². The lowest BCUT2D eigenvalue weighted by Crippen LogP contribution is -2.52. The van der Waals surface area contributed by atoms with E-state index in [0.29, 0.717) is 18.7 Å². The highest BCUT2D eigenvalue weighted by Crippen LogP contribution is 2.15. The average molecular weight is 280 g/mol. The molecule has 20 heavy (non-hydrogen) atoms. The van der Waals surface area contributed by atoms with Gasteiger partial charge >= 0.3 is 5.97 Å². The maximum absolute atomic E-state index is 12.4. The number of morpholine rings is 1. The van der Waals surface area contributed by atoms with Crippen molar-refractivity contribution in [2.24, 2.45) is 0 Å². The third-order valence-electron chi connectivity index (χ3n) is 3.20. The number of rotatable bonds is 3. The van der Waals surface area contributed by atoms with Gasteiger partial charge in [-0.25, -0.2) is 9.78 Å². The number of aliphatic hydroxyl groups is 1. The molecule has 1 fully saturated rings. The van der Waals surface area contributed by atoms with Crippen molar-refractivity contribution in [3.63, 3.8) is 0 Å².